The molecule has 0 aliphatic rings. The van der Waals surface area contributed by atoms with Gasteiger partial charge in [-0.1, -0.05) is 35.3 Å². The second-order valence-corrected chi connectivity index (χ2v) is 6.03. The lowest BCUT2D eigenvalue weighted by atomic mass is 10.1. The lowest BCUT2D eigenvalue weighted by Gasteiger charge is -2.05. The van der Waals surface area contributed by atoms with Crippen molar-refractivity contribution in [2.75, 3.05) is 0 Å². The van der Waals surface area contributed by atoms with E-state index in [1.165, 1.54) is 0 Å². The Bertz CT molecular complexity index is 957. The zero-order chi connectivity index (χ0) is 17.1. The average Bonchev–Trinajstić information content (AvgIpc) is 2.94. The first-order chi connectivity index (χ1) is 11.6. The van der Waals surface area contributed by atoms with Crippen molar-refractivity contribution in [1.82, 2.24) is 4.40 Å². The van der Waals surface area contributed by atoms with Gasteiger partial charge in [0.1, 0.15) is 12.7 Å². The van der Waals surface area contributed by atoms with Gasteiger partial charge in [0, 0.05) is 18.0 Å². The Kier molecular flexibility index (Phi) is 4.75. The van der Waals surface area contributed by atoms with Crippen molar-refractivity contribution in [3.05, 3.63) is 75.5 Å². The van der Waals surface area contributed by atoms with Crippen molar-refractivity contribution in [2.45, 2.75) is 13.0 Å². The summed E-state index contributed by atoms with van der Waals surface area (Å²) in [4.78, 5) is 12.0. The molecule has 24 heavy (non-hydrogen) atoms. The third kappa shape index (κ3) is 3.38. The number of carbonyl (C=O) groups excluding carboxylic acids is 1. The number of carbonyl (C=O) groups is 1. The predicted octanol–water partition coefficient (Wildman–Crippen LogP) is 4.40. The van der Waals surface area contributed by atoms with Crippen LogP contribution in [0.4, 0.5) is 0 Å². The minimum atomic E-state index is -0.396. The SMILES string of the molecule is N#Cc1c(COC(=O)Cc2ccc(Cl)c(Cl)c2)cn2ccccc12. The molecule has 0 atom stereocenters. The Labute approximate surface area is 148 Å². The summed E-state index contributed by atoms with van der Waals surface area (Å²) in [5, 5.41) is 10.2. The number of esters is 1. The first-order valence-corrected chi connectivity index (χ1v) is 7.92. The third-order valence-corrected chi connectivity index (χ3v) is 4.33. The molecule has 6 heteroatoms. The van der Waals surface area contributed by atoms with Crippen LogP contribution in [-0.4, -0.2) is 10.4 Å². The fourth-order valence-electron chi connectivity index (χ4n) is 2.44. The van der Waals surface area contributed by atoms with Gasteiger partial charge in [0.25, 0.3) is 0 Å². The highest BCUT2D eigenvalue weighted by atomic mass is 35.5. The van der Waals surface area contributed by atoms with Gasteiger partial charge in [0.05, 0.1) is 27.5 Å². The smallest absolute Gasteiger partial charge is 0.310 e. The van der Waals surface area contributed by atoms with E-state index in [1.807, 2.05) is 28.8 Å². The van der Waals surface area contributed by atoms with Crippen LogP contribution in [0.3, 0.4) is 0 Å². The monoisotopic (exact) mass is 358 g/mol. The molecule has 0 aliphatic heterocycles. The van der Waals surface area contributed by atoms with Crippen LogP contribution in [0.2, 0.25) is 10.0 Å². The number of rotatable bonds is 4. The summed E-state index contributed by atoms with van der Waals surface area (Å²) in [6.45, 7) is 0.0464. The minimum Gasteiger partial charge on any atom is -0.460 e. The highest BCUT2D eigenvalue weighted by Gasteiger charge is 2.13. The average molecular weight is 359 g/mol. The van der Waals surface area contributed by atoms with Gasteiger partial charge in [0.15, 0.2) is 0 Å². The normalized spacial score (nSPS) is 10.5. The number of hydrogen-bond donors (Lipinski definition) is 0. The third-order valence-electron chi connectivity index (χ3n) is 3.60. The van der Waals surface area contributed by atoms with E-state index in [9.17, 15) is 10.1 Å². The second kappa shape index (κ2) is 6.96. The second-order valence-electron chi connectivity index (χ2n) is 5.22. The van der Waals surface area contributed by atoms with Crippen LogP contribution >= 0.6 is 23.2 Å². The number of halogens is 2. The standard InChI is InChI=1S/C18H12Cl2N2O2/c19-15-5-4-12(7-16(15)20)8-18(23)24-11-13-10-22-6-2-1-3-17(22)14(13)9-21/h1-7,10H,8,11H2. The fraction of sp³-hybridized carbons (Fsp3) is 0.111. The van der Waals surface area contributed by atoms with Crippen molar-refractivity contribution in [3.63, 3.8) is 0 Å². The van der Waals surface area contributed by atoms with Crippen LogP contribution in [0.15, 0.2) is 48.8 Å². The maximum absolute atomic E-state index is 12.0. The number of aromatic nitrogens is 1. The van der Waals surface area contributed by atoms with Gasteiger partial charge in [-0.15, -0.1) is 0 Å². The summed E-state index contributed by atoms with van der Waals surface area (Å²) in [6, 6.07) is 12.7. The van der Waals surface area contributed by atoms with Gasteiger partial charge in [-0.05, 0) is 29.8 Å². The maximum atomic E-state index is 12.0. The Hall–Kier alpha value is -2.48. The van der Waals surface area contributed by atoms with Gasteiger partial charge in [-0.2, -0.15) is 5.26 Å². The molecule has 0 saturated heterocycles. The minimum absolute atomic E-state index is 0.0464. The molecule has 0 saturated carbocycles. The number of nitrogens with zero attached hydrogens (tertiary/aromatic N) is 2. The van der Waals surface area contributed by atoms with E-state index in [0.717, 1.165) is 11.1 Å². The lowest BCUT2D eigenvalue weighted by molar-refractivity contribution is -0.144. The molecule has 0 spiro atoms. The number of hydrogen-bond acceptors (Lipinski definition) is 3. The molecule has 2 heterocycles. The van der Waals surface area contributed by atoms with Crippen LogP contribution in [0.1, 0.15) is 16.7 Å². The van der Waals surface area contributed by atoms with Crippen LogP contribution in [-0.2, 0) is 22.6 Å². The number of ether oxygens (including phenoxy) is 1. The van der Waals surface area contributed by atoms with Crippen molar-refractivity contribution in [2.24, 2.45) is 0 Å². The topological polar surface area (TPSA) is 54.5 Å². The molecule has 2 aromatic heterocycles. The van der Waals surface area contributed by atoms with E-state index in [4.69, 9.17) is 27.9 Å². The highest BCUT2D eigenvalue weighted by Crippen LogP contribution is 2.23. The number of nitriles is 1. The summed E-state index contributed by atoms with van der Waals surface area (Å²) in [5.41, 5.74) is 2.69. The molecule has 0 radical (unpaired) electrons. The summed E-state index contributed by atoms with van der Waals surface area (Å²) in [5.74, 6) is -0.396. The lowest BCUT2D eigenvalue weighted by Crippen LogP contribution is -2.08. The highest BCUT2D eigenvalue weighted by molar-refractivity contribution is 6.42. The van der Waals surface area contributed by atoms with Crippen LogP contribution in [0.25, 0.3) is 5.52 Å². The summed E-state index contributed by atoms with van der Waals surface area (Å²) < 4.78 is 7.13. The number of pyridine rings is 1. The zero-order valence-corrected chi connectivity index (χ0v) is 14.0. The van der Waals surface area contributed by atoms with E-state index in [0.29, 0.717) is 21.2 Å². The molecular weight excluding hydrogens is 347 g/mol. The maximum Gasteiger partial charge on any atom is 0.310 e. The fourth-order valence-corrected chi connectivity index (χ4v) is 2.76. The van der Waals surface area contributed by atoms with E-state index in [2.05, 4.69) is 6.07 Å². The van der Waals surface area contributed by atoms with E-state index in [1.54, 1.807) is 24.4 Å². The van der Waals surface area contributed by atoms with Gasteiger partial charge in [-0.3, -0.25) is 4.79 Å². The van der Waals surface area contributed by atoms with Gasteiger partial charge >= 0.3 is 5.97 Å². The van der Waals surface area contributed by atoms with Crippen LogP contribution in [0, 0.1) is 11.3 Å². The molecule has 1 aromatic carbocycles. The van der Waals surface area contributed by atoms with Gasteiger partial charge < -0.3 is 9.14 Å². The molecule has 3 rings (SSSR count). The molecule has 4 nitrogen and oxygen atoms in total. The number of benzene rings is 1. The molecule has 0 fully saturated rings. The molecule has 0 bridgehead atoms. The van der Waals surface area contributed by atoms with Crippen LogP contribution in [0.5, 0.6) is 0 Å². The van der Waals surface area contributed by atoms with Crippen molar-refractivity contribution in [3.8, 4) is 6.07 Å². The molecule has 3 aromatic rings. The first kappa shape index (κ1) is 16.4. The molecule has 0 aliphatic carbocycles. The van der Waals surface area contributed by atoms with E-state index < -0.39 is 5.97 Å². The number of fused-ring (bicyclic) bond motifs is 1. The Morgan fingerprint density at radius 1 is 1.21 bits per heavy atom. The Morgan fingerprint density at radius 2 is 2.04 bits per heavy atom. The van der Waals surface area contributed by atoms with E-state index >= 15 is 0 Å². The van der Waals surface area contributed by atoms with E-state index in [-0.39, 0.29) is 13.0 Å². The molecule has 0 N–H and O–H groups in total. The van der Waals surface area contributed by atoms with Crippen molar-refractivity contribution in [1.29, 1.82) is 5.26 Å². The zero-order valence-electron chi connectivity index (χ0n) is 12.5. The largest absolute Gasteiger partial charge is 0.460 e. The first-order valence-electron chi connectivity index (χ1n) is 7.16. The Balaban J connectivity index is 1.70. The molecular formula is C18H12Cl2N2O2. The predicted molar refractivity (Wildman–Crippen MR) is 92.1 cm³/mol. The molecule has 0 amide bonds. The summed E-state index contributed by atoms with van der Waals surface area (Å²) in [6.07, 6.45) is 3.73. The summed E-state index contributed by atoms with van der Waals surface area (Å²) >= 11 is 11.8. The van der Waals surface area contributed by atoms with Gasteiger partial charge in [0.2, 0.25) is 0 Å². The quantitative estimate of drug-likeness (QED) is 0.649. The van der Waals surface area contributed by atoms with Gasteiger partial charge in [-0.25, -0.2) is 0 Å². The van der Waals surface area contributed by atoms with Crippen molar-refractivity contribution < 1.29 is 9.53 Å². The Morgan fingerprint density at radius 3 is 2.79 bits per heavy atom. The molecule has 0 unspecified atom stereocenters. The van der Waals surface area contributed by atoms with Crippen LogP contribution < -0.4 is 0 Å². The van der Waals surface area contributed by atoms with Crippen molar-refractivity contribution >= 4 is 34.7 Å². The molecule has 120 valence electrons. The summed E-state index contributed by atoms with van der Waals surface area (Å²) in [7, 11) is 0.